The fourth-order valence-electron chi connectivity index (χ4n) is 1.76. The summed E-state index contributed by atoms with van der Waals surface area (Å²) in [5.41, 5.74) is 1.47. The van der Waals surface area contributed by atoms with Gasteiger partial charge in [-0.2, -0.15) is 8.78 Å². The molecule has 0 bridgehead atoms. The minimum absolute atomic E-state index is 0.120. The van der Waals surface area contributed by atoms with Crippen LogP contribution in [0.25, 0.3) is 0 Å². The molecule has 1 aromatic carbocycles. The summed E-state index contributed by atoms with van der Waals surface area (Å²) in [5, 5.41) is 2.78. The Kier molecular flexibility index (Phi) is 5.20. The van der Waals surface area contributed by atoms with E-state index in [0.29, 0.717) is 18.5 Å². The highest BCUT2D eigenvalue weighted by Gasteiger charge is 2.05. The number of halogens is 2. The number of nitrogens with zero attached hydrogens (tertiary/aromatic N) is 1. The highest BCUT2D eigenvalue weighted by Crippen LogP contribution is 2.14. The summed E-state index contributed by atoms with van der Waals surface area (Å²) in [4.78, 5) is 15.6. The van der Waals surface area contributed by atoms with E-state index < -0.39 is 6.61 Å². The van der Waals surface area contributed by atoms with Crippen molar-refractivity contribution in [1.29, 1.82) is 0 Å². The summed E-state index contributed by atoms with van der Waals surface area (Å²) < 4.78 is 28.3. The summed E-state index contributed by atoms with van der Waals surface area (Å²) in [7, 11) is 0. The molecular weight excluding hydrogens is 278 g/mol. The first-order valence-corrected chi connectivity index (χ1v) is 6.37. The first-order chi connectivity index (χ1) is 10.1. The Morgan fingerprint density at radius 2 is 1.81 bits per heavy atom. The number of carbonyl (C=O) groups is 1. The molecule has 1 heterocycles. The molecule has 0 atom stereocenters. The van der Waals surface area contributed by atoms with Crippen LogP contribution in [0, 0.1) is 0 Å². The minimum Gasteiger partial charge on any atom is -0.435 e. The average Bonchev–Trinajstić information content (AvgIpc) is 2.49. The lowest BCUT2D eigenvalue weighted by molar-refractivity contribution is -0.0498. The second kappa shape index (κ2) is 7.33. The number of hydrogen-bond acceptors (Lipinski definition) is 3. The number of carbonyl (C=O) groups excluding carboxylic acids is 1. The lowest BCUT2D eigenvalue weighted by Crippen LogP contribution is -2.25. The molecule has 2 aromatic rings. The fraction of sp³-hybridized carbons (Fsp3) is 0.200. The van der Waals surface area contributed by atoms with Crippen LogP contribution in [0.2, 0.25) is 0 Å². The van der Waals surface area contributed by atoms with Gasteiger partial charge in [0.25, 0.3) is 5.91 Å². The van der Waals surface area contributed by atoms with E-state index in [2.05, 4.69) is 15.0 Å². The number of nitrogens with one attached hydrogen (secondary N) is 1. The third kappa shape index (κ3) is 4.83. The Hall–Kier alpha value is -2.50. The smallest absolute Gasteiger partial charge is 0.387 e. The first kappa shape index (κ1) is 14.9. The zero-order chi connectivity index (χ0) is 15.1. The standard InChI is InChI=1S/C15H14F2N2O2/c16-15(17)21-13-3-1-11(2-4-13)5-10-19-14(20)12-6-8-18-9-7-12/h1-4,6-9,15H,5,10H2,(H,19,20). The molecule has 1 amide bonds. The van der Waals surface area contributed by atoms with Crippen molar-refractivity contribution in [2.45, 2.75) is 13.0 Å². The van der Waals surface area contributed by atoms with Crippen LogP contribution in [0.3, 0.4) is 0 Å². The van der Waals surface area contributed by atoms with E-state index in [9.17, 15) is 13.6 Å². The fourth-order valence-corrected chi connectivity index (χ4v) is 1.76. The number of ether oxygens (including phenoxy) is 1. The lowest BCUT2D eigenvalue weighted by atomic mass is 10.1. The summed E-state index contributed by atoms with van der Waals surface area (Å²) in [6.07, 6.45) is 3.71. The molecule has 0 aliphatic rings. The molecule has 0 radical (unpaired) electrons. The van der Waals surface area contributed by atoms with Gasteiger partial charge in [-0.1, -0.05) is 12.1 Å². The lowest BCUT2D eigenvalue weighted by Gasteiger charge is -2.07. The molecule has 0 unspecified atom stereocenters. The minimum atomic E-state index is -2.82. The van der Waals surface area contributed by atoms with Crippen LogP contribution in [0.5, 0.6) is 5.75 Å². The van der Waals surface area contributed by atoms with Gasteiger partial charge in [0.15, 0.2) is 0 Å². The van der Waals surface area contributed by atoms with Gasteiger partial charge in [0.05, 0.1) is 0 Å². The Morgan fingerprint density at radius 1 is 1.14 bits per heavy atom. The van der Waals surface area contributed by atoms with Crippen molar-refractivity contribution in [2.75, 3.05) is 6.54 Å². The molecule has 4 nitrogen and oxygen atoms in total. The van der Waals surface area contributed by atoms with Gasteiger partial charge in [-0.3, -0.25) is 9.78 Å². The molecule has 6 heteroatoms. The van der Waals surface area contributed by atoms with Gasteiger partial charge in [-0.05, 0) is 36.2 Å². The van der Waals surface area contributed by atoms with E-state index in [1.54, 1.807) is 36.7 Å². The van der Waals surface area contributed by atoms with E-state index >= 15 is 0 Å². The Bertz CT molecular complexity index is 574. The van der Waals surface area contributed by atoms with E-state index in [1.165, 1.54) is 12.1 Å². The number of pyridine rings is 1. The van der Waals surface area contributed by atoms with Crippen LogP contribution in [-0.4, -0.2) is 24.0 Å². The number of alkyl halides is 2. The zero-order valence-electron chi connectivity index (χ0n) is 11.1. The Labute approximate surface area is 120 Å². The maximum atomic E-state index is 12.0. The predicted molar refractivity (Wildman–Crippen MR) is 73.3 cm³/mol. The predicted octanol–water partition coefficient (Wildman–Crippen LogP) is 2.66. The van der Waals surface area contributed by atoms with Crippen molar-refractivity contribution in [3.63, 3.8) is 0 Å². The van der Waals surface area contributed by atoms with Crippen molar-refractivity contribution in [3.05, 3.63) is 59.9 Å². The molecule has 1 N–H and O–H groups in total. The third-order valence-corrected chi connectivity index (χ3v) is 2.79. The molecule has 2 rings (SSSR count). The molecule has 0 aliphatic carbocycles. The Balaban J connectivity index is 1.79. The molecule has 21 heavy (non-hydrogen) atoms. The number of aromatic nitrogens is 1. The summed E-state index contributed by atoms with van der Waals surface area (Å²) in [6, 6.07) is 9.60. The van der Waals surface area contributed by atoms with Crippen molar-refractivity contribution in [1.82, 2.24) is 10.3 Å². The van der Waals surface area contributed by atoms with Crippen molar-refractivity contribution >= 4 is 5.91 Å². The number of benzene rings is 1. The molecule has 0 aliphatic heterocycles. The van der Waals surface area contributed by atoms with Crippen molar-refractivity contribution in [3.8, 4) is 5.75 Å². The van der Waals surface area contributed by atoms with Gasteiger partial charge in [0.2, 0.25) is 0 Å². The van der Waals surface area contributed by atoms with Gasteiger partial charge >= 0.3 is 6.61 Å². The van der Waals surface area contributed by atoms with Crippen LogP contribution in [0.15, 0.2) is 48.8 Å². The summed E-state index contributed by atoms with van der Waals surface area (Å²) in [6.45, 7) is -2.37. The molecule has 110 valence electrons. The maximum Gasteiger partial charge on any atom is 0.387 e. The van der Waals surface area contributed by atoms with E-state index in [0.717, 1.165) is 5.56 Å². The van der Waals surface area contributed by atoms with Gasteiger partial charge in [-0.25, -0.2) is 0 Å². The maximum absolute atomic E-state index is 12.0. The summed E-state index contributed by atoms with van der Waals surface area (Å²) in [5.74, 6) is -0.0513. The SMILES string of the molecule is O=C(NCCc1ccc(OC(F)F)cc1)c1ccncc1. The van der Waals surface area contributed by atoms with Crippen LogP contribution < -0.4 is 10.1 Å². The van der Waals surface area contributed by atoms with E-state index in [1.807, 2.05) is 0 Å². The summed E-state index contributed by atoms with van der Waals surface area (Å²) >= 11 is 0. The van der Waals surface area contributed by atoms with E-state index in [4.69, 9.17) is 0 Å². The Morgan fingerprint density at radius 3 is 2.43 bits per heavy atom. The van der Waals surface area contributed by atoms with Crippen LogP contribution in [0.1, 0.15) is 15.9 Å². The number of rotatable bonds is 6. The number of hydrogen-bond donors (Lipinski definition) is 1. The van der Waals surface area contributed by atoms with Crippen molar-refractivity contribution in [2.24, 2.45) is 0 Å². The largest absolute Gasteiger partial charge is 0.435 e. The average molecular weight is 292 g/mol. The molecule has 0 fully saturated rings. The zero-order valence-corrected chi connectivity index (χ0v) is 11.1. The second-order valence-corrected chi connectivity index (χ2v) is 4.26. The van der Waals surface area contributed by atoms with Gasteiger partial charge in [0, 0.05) is 24.5 Å². The van der Waals surface area contributed by atoms with Crippen LogP contribution in [0.4, 0.5) is 8.78 Å². The molecule has 1 aromatic heterocycles. The van der Waals surface area contributed by atoms with E-state index in [-0.39, 0.29) is 11.7 Å². The van der Waals surface area contributed by atoms with Crippen LogP contribution >= 0.6 is 0 Å². The monoisotopic (exact) mass is 292 g/mol. The molecule has 0 saturated heterocycles. The van der Waals surface area contributed by atoms with Crippen LogP contribution in [-0.2, 0) is 6.42 Å². The normalized spacial score (nSPS) is 10.4. The van der Waals surface area contributed by atoms with Crippen molar-refractivity contribution < 1.29 is 18.3 Å². The number of amides is 1. The highest BCUT2D eigenvalue weighted by molar-refractivity contribution is 5.93. The van der Waals surface area contributed by atoms with Gasteiger partial charge in [-0.15, -0.1) is 0 Å². The topological polar surface area (TPSA) is 51.2 Å². The second-order valence-electron chi connectivity index (χ2n) is 4.26. The molecule has 0 spiro atoms. The van der Waals surface area contributed by atoms with Gasteiger partial charge < -0.3 is 10.1 Å². The first-order valence-electron chi connectivity index (χ1n) is 6.37. The molecular formula is C15H14F2N2O2. The molecule has 0 saturated carbocycles. The highest BCUT2D eigenvalue weighted by atomic mass is 19.3. The quantitative estimate of drug-likeness (QED) is 0.890. The third-order valence-electron chi connectivity index (χ3n) is 2.79. The van der Waals surface area contributed by atoms with Gasteiger partial charge in [0.1, 0.15) is 5.75 Å².